The van der Waals surface area contributed by atoms with Gasteiger partial charge in [0.15, 0.2) is 0 Å². The second kappa shape index (κ2) is 7.11. The smallest absolute Gasteiger partial charge is 0.241 e. The molecule has 0 heterocycles. The predicted octanol–water partition coefficient (Wildman–Crippen LogP) is 1.30. The van der Waals surface area contributed by atoms with E-state index in [-0.39, 0.29) is 18.1 Å². The number of carbonyl (C=O) groups is 1. The van der Waals surface area contributed by atoms with Gasteiger partial charge in [-0.05, 0) is 39.4 Å². The van der Waals surface area contributed by atoms with E-state index in [4.69, 9.17) is 5.73 Å². The van der Waals surface area contributed by atoms with E-state index in [9.17, 15) is 9.90 Å². The molecule has 0 saturated carbocycles. The van der Waals surface area contributed by atoms with Gasteiger partial charge in [-0.3, -0.25) is 9.69 Å². The lowest BCUT2D eigenvalue weighted by Crippen LogP contribution is -2.40. The third-order valence-electron chi connectivity index (χ3n) is 3.16. The molecule has 106 valence electrons. The molecule has 5 heteroatoms. The molecule has 0 aromatic heterocycles. The second-order valence-corrected chi connectivity index (χ2v) is 4.87. The summed E-state index contributed by atoms with van der Waals surface area (Å²) in [6.07, 6.45) is 0.282. The van der Waals surface area contributed by atoms with Crippen LogP contribution in [-0.4, -0.2) is 41.7 Å². The van der Waals surface area contributed by atoms with Crippen molar-refractivity contribution in [1.29, 1.82) is 0 Å². The largest absolute Gasteiger partial charge is 0.397 e. The standard InChI is InChI=1S/C14H23N3O2/c1-10(18)8-9-17(3)11(2)14(19)16-13-7-5-4-6-12(13)15/h4-7,10-11,18H,8-9,15H2,1-3H3,(H,16,19). The summed E-state index contributed by atoms with van der Waals surface area (Å²) in [5.74, 6) is -0.106. The molecule has 4 N–H and O–H groups in total. The van der Waals surface area contributed by atoms with Crippen molar-refractivity contribution >= 4 is 17.3 Å². The first-order valence-electron chi connectivity index (χ1n) is 6.45. The van der Waals surface area contributed by atoms with Crippen LogP contribution in [0.3, 0.4) is 0 Å². The van der Waals surface area contributed by atoms with Crippen LogP contribution in [0.2, 0.25) is 0 Å². The summed E-state index contributed by atoms with van der Waals surface area (Å²) in [4.78, 5) is 14.0. The number of nitrogens with two attached hydrogens (primary N) is 1. The number of nitrogen functional groups attached to an aromatic ring is 1. The Kier molecular flexibility index (Phi) is 5.79. The molecule has 1 rings (SSSR count). The van der Waals surface area contributed by atoms with E-state index >= 15 is 0 Å². The van der Waals surface area contributed by atoms with Gasteiger partial charge in [-0.2, -0.15) is 0 Å². The van der Waals surface area contributed by atoms with E-state index < -0.39 is 0 Å². The van der Waals surface area contributed by atoms with E-state index in [1.54, 1.807) is 19.1 Å². The van der Waals surface area contributed by atoms with Crippen molar-refractivity contribution in [2.45, 2.75) is 32.4 Å². The lowest BCUT2D eigenvalue weighted by atomic mass is 10.2. The maximum Gasteiger partial charge on any atom is 0.241 e. The van der Waals surface area contributed by atoms with Crippen LogP contribution in [0.1, 0.15) is 20.3 Å². The third kappa shape index (κ3) is 4.89. The van der Waals surface area contributed by atoms with Crippen LogP contribution in [0.25, 0.3) is 0 Å². The number of para-hydroxylation sites is 2. The predicted molar refractivity (Wildman–Crippen MR) is 77.9 cm³/mol. The average Bonchev–Trinajstić information content (AvgIpc) is 2.37. The summed E-state index contributed by atoms with van der Waals surface area (Å²) in [5, 5.41) is 12.1. The van der Waals surface area contributed by atoms with E-state index in [1.807, 2.05) is 31.0 Å². The van der Waals surface area contributed by atoms with E-state index in [1.165, 1.54) is 0 Å². The molecule has 0 aliphatic rings. The molecule has 0 radical (unpaired) electrons. The minimum absolute atomic E-state index is 0.106. The Balaban J connectivity index is 2.55. The Morgan fingerprint density at radius 3 is 2.63 bits per heavy atom. The molecule has 0 aliphatic carbocycles. The molecule has 0 bridgehead atoms. The fourth-order valence-electron chi connectivity index (χ4n) is 1.63. The SMILES string of the molecule is CC(O)CCN(C)C(C)C(=O)Nc1ccccc1N. The van der Waals surface area contributed by atoms with E-state index in [2.05, 4.69) is 5.32 Å². The van der Waals surface area contributed by atoms with Gasteiger partial charge in [0.2, 0.25) is 5.91 Å². The summed E-state index contributed by atoms with van der Waals surface area (Å²) < 4.78 is 0. The van der Waals surface area contributed by atoms with E-state index in [0.29, 0.717) is 24.3 Å². The number of hydrogen-bond donors (Lipinski definition) is 3. The first-order chi connectivity index (χ1) is 8.91. The molecule has 2 unspecified atom stereocenters. The van der Waals surface area contributed by atoms with Crippen molar-refractivity contribution in [2.24, 2.45) is 0 Å². The Labute approximate surface area is 114 Å². The number of hydrogen-bond acceptors (Lipinski definition) is 4. The van der Waals surface area contributed by atoms with Crippen LogP contribution in [0.4, 0.5) is 11.4 Å². The van der Waals surface area contributed by atoms with Gasteiger partial charge in [-0.25, -0.2) is 0 Å². The van der Waals surface area contributed by atoms with Crippen LogP contribution >= 0.6 is 0 Å². The topological polar surface area (TPSA) is 78.6 Å². The Hall–Kier alpha value is -1.59. The molecule has 0 aliphatic heterocycles. The van der Waals surface area contributed by atoms with Crippen LogP contribution in [-0.2, 0) is 4.79 Å². The summed E-state index contributed by atoms with van der Waals surface area (Å²) in [6, 6.07) is 6.89. The third-order valence-corrected chi connectivity index (χ3v) is 3.16. The number of nitrogens with zero attached hydrogens (tertiary/aromatic N) is 1. The summed E-state index contributed by atoms with van der Waals surface area (Å²) in [6.45, 7) is 4.23. The molecular formula is C14H23N3O2. The molecule has 1 aromatic carbocycles. The van der Waals surface area contributed by atoms with E-state index in [0.717, 1.165) is 0 Å². The van der Waals surface area contributed by atoms with Gasteiger partial charge in [0.25, 0.3) is 0 Å². The number of rotatable bonds is 6. The van der Waals surface area contributed by atoms with Crippen LogP contribution in [0.15, 0.2) is 24.3 Å². The minimum Gasteiger partial charge on any atom is -0.397 e. The van der Waals surface area contributed by atoms with Crippen molar-refractivity contribution in [3.05, 3.63) is 24.3 Å². The normalized spacial score (nSPS) is 14.2. The monoisotopic (exact) mass is 265 g/mol. The first-order valence-corrected chi connectivity index (χ1v) is 6.45. The molecular weight excluding hydrogens is 242 g/mol. The van der Waals surface area contributed by atoms with Gasteiger partial charge in [-0.1, -0.05) is 12.1 Å². The van der Waals surface area contributed by atoms with Gasteiger partial charge in [0.05, 0.1) is 23.5 Å². The number of nitrogens with one attached hydrogen (secondary N) is 1. The molecule has 0 fully saturated rings. The molecule has 0 spiro atoms. The van der Waals surface area contributed by atoms with Crippen LogP contribution < -0.4 is 11.1 Å². The number of aliphatic hydroxyl groups excluding tert-OH is 1. The highest BCUT2D eigenvalue weighted by Gasteiger charge is 2.18. The van der Waals surface area contributed by atoms with Crippen molar-refractivity contribution in [3.8, 4) is 0 Å². The molecule has 1 aromatic rings. The summed E-state index contributed by atoms with van der Waals surface area (Å²) >= 11 is 0. The maximum absolute atomic E-state index is 12.1. The van der Waals surface area contributed by atoms with Gasteiger partial charge >= 0.3 is 0 Å². The fraction of sp³-hybridized carbons (Fsp3) is 0.500. The number of anilines is 2. The lowest BCUT2D eigenvalue weighted by Gasteiger charge is -2.24. The van der Waals surface area contributed by atoms with Gasteiger partial charge in [-0.15, -0.1) is 0 Å². The number of aliphatic hydroxyl groups is 1. The number of amides is 1. The zero-order valence-electron chi connectivity index (χ0n) is 11.8. The Morgan fingerprint density at radius 2 is 2.05 bits per heavy atom. The van der Waals surface area contributed by atoms with Gasteiger partial charge < -0.3 is 16.2 Å². The first kappa shape index (κ1) is 15.5. The molecule has 2 atom stereocenters. The molecule has 19 heavy (non-hydrogen) atoms. The van der Waals surface area contributed by atoms with Crippen molar-refractivity contribution in [2.75, 3.05) is 24.6 Å². The number of benzene rings is 1. The zero-order valence-corrected chi connectivity index (χ0v) is 11.8. The van der Waals surface area contributed by atoms with Crippen molar-refractivity contribution in [3.63, 3.8) is 0 Å². The number of carbonyl (C=O) groups excluding carboxylic acids is 1. The molecule has 1 amide bonds. The molecule has 5 nitrogen and oxygen atoms in total. The highest BCUT2D eigenvalue weighted by Crippen LogP contribution is 2.17. The molecule has 0 saturated heterocycles. The van der Waals surface area contributed by atoms with Crippen LogP contribution in [0.5, 0.6) is 0 Å². The highest BCUT2D eigenvalue weighted by atomic mass is 16.3. The maximum atomic E-state index is 12.1. The van der Waals surface area contributed by atoms with Crippen molar-refractivity contribution in [1.82, 2.24) is 4.90 Å². The minimum atomic E-state index is -0.359. The fourth-order valence-corrected chi connectivity index (χ4v) is 1.63. The average molecular weight is 265 g/mol. The highest BCUT2D eigenvalue weighted by molar-refractivity contribution is 5.96. The Bertz CT molecular complexity index is 421. The zero-order chi connectivity index (χ0) is 14.4. The summed E-state index contributed by atoms with van der Waals surface area (Å²) in [5.41, 5.74) is 6.96. The van der Waals surface area contributed by atoms with Gasteiger partial charge in [0.1, 0.15) is 0 Å². The second-order valence-electron chi connectivity index (χ2n) is 4.87. The number of likely N-dealkylation sites (N-methyl/N-ethyl adjacent to an activating group) is 1. The Morgan fingerprint density at radius 1 is 1.42 bits per heavy atom. The van der Waals surface area contributed by atoms with Crippen LogP contribution in [0, 0.1) is 0 Å². The van der Waals surface area contributed by atoms with Crippen molar-refractivity contribution < 1.29 is 9.90 Å². The van der Waals surface area contributed by atoms with Gasteiger partial charge in [0, 0.05) is 6.54 Å². The summed E-state index contributed by atoms with van der Waals surface area (Å²) in [7, 11) is 1.86. The quantitative estimate of drug-likeness (QED) is 0.677. The lowest BCUT2D eigenvalue weighted by molar-refractivity contribution is -0.120.